The van der Waals surface area contributed by atoms with Crippen molar-refractivity contribution in [2.45, 2.75) is 26.1 Å². The number of aliphatic hydroxyl groups excluding tert-OH is 1. The third-order valence-electron chi connectivity index (χ3n) is 5.16. The minimum Gasteiger partial charge on any atom is -0.392 e. The number of amides is 1. The van der Waals surface area contributed by atoms with Gasteiger partial charge in [0.15, 0.2) is 0 Å². The van der Waals surface area contributed by atoms with Gasteiger partial charge >= 0.3 is 6.18 Å². The third kappa shape index (κ3) is 4.22. The van der Waals surface area contributed by atoms with E-state index in [4.69, 9.17) is 0 Å². The van der Waals surface area contributed by atoms with Gasteiger partial charge in [0.05, 0.1) is 17.6 Å². The minimum absolute atomic E-state index is 0.136. The molecule has 2 N–H and O–H groups in total. The number of rotatable bonds is 5. The predicted octanol–water partition coefficient (Wildman–Crippen LogP) is 5.35. The first kappa shape index (κ1) is 21.6. The highest BCUT2D eigenvalue weighted by molar-refractivity contribution is 6.04. The number of hydrogen-bond donors (Lipinski definition) is 2. The van der Waals surface area contributed by atoms with E-state index in [0.717, 1.165) is 16.6 Å². The Kier molecular flexibility index (Phi) is 5.71. The normalized spacial score (nSPS) is 11.7. The molecule has 0 bridgehead atoms. The SMILES string of the molecule is CCc1ccc(C(=O)Nc2ccc(-n3c(C(F)(F)F)nc4cc(CO)ccc43)cc2)cc1. The average molecular weight is 439 g/mol. The topological polar surface area (TPSA) is 67.2 Å². The van der Waals surface area contributed by atoms with E-state index in [9.17, 15) is 23.1 Å². The van der Waals surface area contributed by atoms with E-state index in [0.29, 0.717) is 16.8 Å². The molecule has 0 unspecified atom stereocenters. The molecule has 1 aromatic heterocycles. The maximum Gasteiger partial charge on any atom is 0.450 e. The van der Waals surface area contributed by atoms with Gasteiger partial charge in [-0.05, 0) is 66.1 Å². The molecule has 4 rings (SSSR count). The Balaban J connectivity index is 1.65. The van der Waals surface area contributed by atoms with Crippen LogP contribution in [0.1, 0.15) is 34.2 Å². The van der Waals surface area contributed by atoms with Gasteiger partial charge in [-0.15, -0.1) is 0 Å². The quantitative estimate of drug-likeness (QED) is 0.441. The second-order valence-electron chi connectivity index (χ2n) is 7.30. The molecule has 0 aliphatic heterocycles. The number of carbonyl (C=O) groups is 1. The Morgan fingerprint density at radius 2 is 1.66 bits per heavy atom. The third-order valence-corrected chi connectivity index (χ3v) is 5.16. The summed E-state index contributed by atoms with van der Waals surface area (Å²) in [6, 6.07) is 17.8. The van der Waals surface area contributed by atoms with Crippen LogP contribution in [-0.2, 0) is 19.2 Å². The molecule has 5 nitrogen and oxygen atoms in total. The van der Waals surface area contributed by atoms with Crippen LogP contribution in [0.3, 0.4) is 0 Å². The summed E-state index contributed by atoms with van der Waals surface area (Å²) in [7, 11) is 0. The zero-order valence-corrected chi connectivity index (χ0v) is 17.1. The lowest BCUT2D eigenvalue weighted by Gasteiger charge is -2.13. The van der Waals surface area contributed by atoms with Gasteiger partial charge in [-0.25, -0.2) is 4.98 Å². The number of carbonyl (C=O) groups excluding carboxylic acids is 1. The number of benzene rings is 3. The number of aryl methyl sites for hydroxylation is 1. The number of hydrogen-bond acceptors (Lipinski definition) is 3. The first-order valence-electron chi connectivity index (χ1n) is 10.0. The molecule has 3 aromatic carbocycles. The van der Waals surface area contributed by atoms with Crippen molar-refractivity contribution in [3.05, 3.63) is 89.2 Å². The number of aromatic nitrogens is 2. The average Bonchev–Trinajstić information content (AvgIpc) is 3.19. The summed E-state index contributed by atoms with van der Waals surface area (Å²) in [4.78, 5) is 16.2. The largest absolute Gasteiger partial charge is 0.450 e. The van der Waals surface area contributed by atoms with Crippen LogP contribution in [0.2, 0.25) is 0 Å². The van der Waals surface area contributed by atoms with Crippen molar-refractivity contribution in [2.24, 2.45) is 0 Å². The fourth-order valence-electron chi connectivity index (χ4n) is 3.46. The van der Waals surface area contributed by atoms with Gasteiger partial charge in [0, 0.05) is 16.9 Å². The first-order valence-corrected chi connectivity index (χ1v) is 10.0. The molecule has 0 spiro atoms. The van der Waals surface area contributed by atoms with E-state index in [2.05, 4.69) is 10.3 Å². The summed E-state index contributed by atoms with van der Waals surface area (Å²) in [5.41, 5.74) is 3.19. The Labute approximate surface area is 182 Å². The molecule has 0 radical (unpaired) electrons. The molecule has 0 saturated heterocycles. The molecule has 164 valence electrons. The zero-order valence-electron chi connectivity index (χ0n) is 17.1. The summed E-state index contributed by atoms with van der Waals surface area (Å²) in [6.45, 7) is 1.73. The van der Waals surface area contributed by atoms with Gasteiger partial charge < -0.3 is 10.4 Å². The van der Waals surface area contributed by atoms with Crippen molar-refractivity contribution in [3.63, 3.8) is 0 Å². The number of imidazole rings is 1. The maximum absolute atomic E-state index is 13.7. The van der Waals surface area contributed by atoms with Crippen molar-refractivity contribution in [1.29, 1.82) is 0 Å². The zero-order chi connectivity index (χ0) is 22.9. The number of nitrogens with one attached hydrogen (secondary N) is 1. The lowest BCUT2D eigenvalue weighted by atomic mass is 10.1. The smallest absolute Gasteiger partial charge is 0.392 e. The van der Waals surface area contributed by atoms with Crippen LogP contribution in [0, 0.1) is 0 Å². The number of anilines is 1. The Bertz CT molecular complexity index is 1260. The Hall–Kier alpha value is -3.65. The van der Waals surface area contributed by atoms with Crippen molar-refractivity contribution >= 4 is 22.6 Å². The molecule has 0 aliphatic carbocycles. The van der Waals surface area contributed by atoms with Crippen LogP contribution in [0.25, 0.3) is 16.7 Å². The van der Waals surface area contributed by atoms with E-state index in [1.54, 1.807) is 30.3 Å². The summed E-state index contributed by atoms with van der Waals surface area (Å²) < 4.78 is 42.0. The van der Waals surface area contributed by atoms with Crippen LogP contribution in [-0.4, -0.2) is 20.6 Å². The molecule has 32 heavy (non-hydrogen) atoms. The molecule has 1 amide bonds. The Morgan fingerprint density at radius 3 is 2.25 bits per heavy atom. The van der Waals surface area contributed by atoms with Crippen LogP contribution in [0.5, 0.6) is 0 Å². The molecular formula is C24H20F3N3O2. The molecule has 0 atom stereocenters. The van der Waals surface area contributed by atoms with Crippen LogP contribution < -0.4 is 5.32 Å². The first-order chi connectivity index (χ1) is 15.3. The van der Waals surface area contributed by atoms with E-state index in [1.165, 1.54) is 24.3 Å². The van der Waals surface area contributed by atoms with Gasteiger partial charge in [0.1, 0.15) is 0 Å². The van der Waals surface area contributed by atoms with Crippen LogP contribution >= 0.6 is 0 Å². The number of alkyl halides is 3. The molecule has 1 heterocycles. The highest BCUT2D eigenvalue weighted by Crippen LogP contribution is 2.34. The standard InChI is InChI=1S/C24H20F3N3O2/c1-2-15-3-6-17(7-4-15)22(32)28-18-8-10-19(11-9-18)30-21-12-5-16(14-31)13-20(21)29-23(30)24(25,26)27/h3-13,31H,2,14H2,1H3,(H,28,32). The van der Waals surface area contributed by atoms with Gasteiger partial charge in [0.25, 0.3) is 5.91 Å². The fraction of sp³-hybridized carbons (Fsp3) is 0.167. The minimum atomic E-state index is -4.67. The Morgan fingerprint density at radius 1 is 1.00 bits per heavy atom. The van der Waals surface area contributed by atoms with E-state index >= 15 is 0 Å². The summed E-state index contributed by atoms with van der Waals surface area (Å²) in [5, 5.41) is 12.0. The second kappa shape index (κ2) is 8.47. The van der Waals surface area contributed by atoms with E-state index < -0.39 is 12.0 Å². The van der Waals surface area contributed by atoms with Gasteiger partial charge in [0.2, 0.25) is 5.82 Å². The summed E-state index contributed by atoms with van der Waals surface area (Å²) in [5.74, 6) is -1.36. The fourth-order valence-corrected chi connectivity index (χ4v) is 3.46. The van der Waals surface area contributed by atoms with Crippen LogP contribution in [0.4, 0.5) is 18.9 Å². The molecule has 0 saturated carbocycles. The van der Waals surface area contributed by atoms with Gasteiger partial charge in [-0.3, -0.25) is 9.36 Å². The lowest BCUT2D eigenvalue weighted by Crippen LogP contribution is -2.14. The maximum atomic E-state index is 13.7. The summed E-state index contributed by atoms with van der Waals surface area (Å²) >= 11 is 0. The number of nitrogens with zero attached hydrogens (tertiary/aromatic N) is 2. The van der Waals surface area contributed by atoms with Gasteiger partial charge in [-0.2, -0.15) is 13.2 Å². The predicted molar refractivity (Wildman–Crippen MR) is 116 cm³/mol. The van der Waals surface area contributed by atoms with Gasteiger partial charge in [-0.1, -0.05) is 25.1 Å². The van der Waals surface area contributed by atoms with Crippen molar-refractivity contribution in [2.75, 3.05) is 5.32 Å². The van der Waals surface area contributed by atoms with E-state index in [1.807, 2.05) is 19.1 Å². The van der Waals surface area contributed by atoms with Crippen molar-refractivity contribution in [1.82, 2.24) is 9.55 Å². The number of fused-ring (bicyclic) bond motifs is 1. The molecule has 4 aromatic rings. The number of aliphatic hydroxyl groups is 1. The second-order valence-corrected chi connectivity index (χ2v) is 7.30. The number of halogens is 3. The summed E-state index contributed by atoms with van der Waals surface area (Å²) in [6.07, 6.45) is -3.80. The molecule has 0 fully saturated rings. The molecular weight excluding hydrogens is 419 g/mol. The van der Waals surface area contributed by atoms with Crippen molar-refractivity contribution < 1.29 is 23.1 Å². The highest BCUT2D eigenvalue weighted by Gasteiger charge is 2.38. The highest BCUT2D eigenvalue weighted by atomic mass is 19.4. The molecule has 8 heteroatoms. The van der Waals surface area contributed by atoms with Crippen molar-refractivity contribution in [3.8, 4) is 5.69 Å². The monoisotopic (exact) mass is 439 g/mol. The van der Waals surface area contributed by atoms with Crippen LogP contribution in [0.15, 0.2) is 66.7 Å². The lowest BCUT2D eigenvalue weighted by molar-refractivity contribution is -0.145. The van der Waals surface area contributed by atoms with E-state index in [-0.39, 0.29) is 29.2 Å². The molecule has 0 aliphatic rings.